The van der Waals surface area contributed by atoms with Crippen LogP contribution in [0.15, 0.2) is 48.5 Å². The van der Waals surface area contributed by atoms with E-state index >= 15 is 0 Å². The van der Waals surface area contributed by atoms with Gasteiger partial charge in [-0.25, -0.2) is 0 Å². The second kappa shape index (κ2) is 9.30. The number of hydrogen-bond donors (Lipinski definition) is 2. The molecule has 1 aliphatic carbocycles. The van der Waals surface area contributed by atoms with Crippen molar-refractivity contribution in [1.82, 2.24) is 4.90 Å². The third-order valence-corrected chi connectivity index (χ3v) is 5.99. The van der Waals surface area contributed by atoms with E-state index in [4.69, 9.17) is 4.74 Å². The van der Waals surface area contributed by atoms with Gasteiger partial charge in [0.15, 0.2) is 6.10 Å². The van der Waals surface area contributed by atoms with Crippen molar-refractivity contribution in [2.75, 3.05) is 17.7 Å². The highest BCUT2D eigenvalue weighted by atomic mass is 16.5. The molecule has 0 radical (unpaired) electrons. The second-order valence-corrected chi connectivity index (χ2v) is 8.21. The van der Waals surface area contributed by atoms with Crippen LogP contribution in [0.25, 0.3) is 0 Å². The number of hydrogen-bond acceptors (Lipinski definition) is 4. The predicted molar refractivity (Wildman–Crippen MR) is 118 cm³/mol. The van der Waals surface area contributed by atoms with E-state index in [0.717, 1.165) is 17.8 Å². The number of para-hydroxylation sites is 3. The highest BCUT2D eigenvalue weighted by molar-refractivity contribution is 6.02. The Morgan fingerprint density at radius 2 is 1.83 bits per heavy atom. The summed E-state index contributed by atoms with van der Waals surface area (Å²) in [7, 11) is 2.16. The molecule has 1 fully saturated rings. The Morgan fingerprint density at radius 1 is 1.10 bits per heavy atom. The molecule has 2 aromatic rings. The van der Waals surface area contributed by atoms with Crippen LogP contribution in [0.1, 0.15) is 44.1 Å². The van der Waals surface area contributed by atoms with E-state index in [1.807, 2.05) is 30.3 Å². The number of nitrogens with zero attached hydrogens (tertiary/aromatic N) is 1. The average molecular weight is 408 g/mol. The molecule has 2 N–H and O–H groups in total. The molecule has 2 amide bonds. The molecule has 6 heteroatoms. The molecule has 1 saturated carbocycles. The molecule has 0 aromatic heterocycles. The Kier molecular flexibility index (Phi) is 6.33. The van der Waals surface area contributed by atoms with Crippen LogP contribution in [0.2, 0.25) is 0 Å². The SMILES string of the molecule is CN(Cc1ccccc1NC(=O)CC1Oc2ccccc2NC1=O)C1CCCCC1. The Balaban J connectivity index is 1.38. The normalized spacial score (nSPS) is 19.0. The Hall–Kier alpha value is -2.86. The molecular formula is C24H29N3O3. The van der Waals surface area contributed by atoms with Gasteiger partial charge in [-0.15, -0.1) is 0 Å². The zero-order valence-corrected chi connectivity index (χ0v) is 17.4. The van der Waals surface area contributed by atoms with Crippen molar-refractivity contribution >= 4 is 23.2 Å². The lowest BCUT2D eigenvalue weighted by Gasteiger charge is -2.31. The van der Waals surface area contributed by atoms with Crippen LogP contribution < -0.4 is 15.4 Å². The Labute approximate surface area is 177 Å². The molecule has 6 nitrogen and oxygen atoms in total. The Morgan fingerprint density at radius 3 is 2.67 bits per heavy atom. The van der Waals surface area contributed by atoms with E-state index in [9.17, 15) is 9.59 Å². The number of anilines is 2. The first-order chi connectivity index (χ1) is 14.6. The molecule has 1 unspecified atom stereocenters. The number of carbonyl (C=O) groups is 2. The van der Waals surface area contributed by atoms with Gasteiger partial charge in [-0.05, 0) is 43.7 Å². The smallest absolute Gasteiger partial charge is 0.266 e. The number of ether oxygens (including phenoxy) is 1. The van der Waals surface area contributed by atoms with Gasteiger partial charge < -0.3 is 15.4 Å². The molecule has 1 atom stereocenters. The van der Waals surface area contributed by atoms with Crippen LogP contribution in [-0.2, 0) is 16.1 Å². The maximum atomic E-state index is 12.7. The number of fused-ring (bicyclic) bond motifs is 1. The summed E-state index contributed by atoms with van der Waals surface area (Å²) in [6, 6.07) is 15.7. The molecule has 1 heterocycles. The van der Waals surface area contributed by atoms with Crippen molar-refractivity contribution in [3.63, 3.8) is 0 Å². The van der Waals surface area contributed by atoms with E-state index in [2.05, 4.69) is 28.6 Å². The molecule has 0 bridgehead atoms. The average Bonchev–Trinajstić information content (AvgIpc) is 2.76. The number of carbonyl (C=O) groups excluding carboxylic acids is 2. The zero-order valence-electron chi connectivity index (χ0n) is 17.4. The lowest BCUT2D eigenvalue weighted by Crippen LogP contribution is -2.39. The zero-order chi connectivity index (χ0) is 20.9. The van der Waals surface area contributed by atoms with Gasteiger partial charge in [0.05, 0.1) is 12.1 Å². The van der Waals surface area contributed by atoms with Crippen molar-refractivity contribution in [2.24, 2.45) is 0 Å². The summed E-state index contributed by atoms with van der Waals surface area (Å²) in [5, 5.41) is 5.79. The first-order valence-electron chi connectivity index (χ1n) is 10.7. The van der Waals surface area contributed by atoms with Gasteiger partial charge >= 0.3 is 0 Å². The van der Waals surface area contributed by atoms with Crippen molar-refractivity contribution < 1.29 is 14.3 Å². The molecule has 2 aromatic carbocycles. The van der Waals surface area contributed by atoms with Crippen molar-refractivity contribution in [3.8, 4) is 5.75 Å². The van der Waals surface area contributed by atoms with Gasteiger partial charge in [-0.1, -0.05) is 49.6 Å². The predicted octanol–water partition coefficient (Wildman–Crippen LogP) is 4.18. The van der Waals surface area contributed by atoms with Gasteiger partial charge in [0, 0.05) is 18.3 Å². The fraction of sp³-hybridized carbons (Fsp3) is 0.417. The van der Waals surface area contributed by atoms with E-state index in [0.29, 0.717) is 17.5 Å². The summed E-state index contributed by atoms with van der Waals surface area (Å²) in [6.07, 6.45) is 5.52. The largest absolute Gasteiger partial charge is 0.478 e. The van der Waals surface area contributed by atoms with Gasteiger partial charge in [0.2, 0.25) is 5.91 Å². The molecule has 4 rings (SSSR count). The van der Waals surface area contributed by atoms with Crippen LogP contribution >= 0.6 is 0 Å². The third kappa shape index (κ3) is 4.82. The minimum absolute atomic E-state index is 0.0348. The van der Waals surface area contributed by atoms with Crippen molar-refractivity contribution in [1.29, 1.82) is 0 Å². The topological polar surface area (TPSA) is 70.7 Å². The number of rotatable bonds is 6. The summed E-state index contributed by atoms with van der Waals surface area (Å²) >= 11 is 0. The van der Waals surface area contributed by atoms with Gasteiger partial charge in [-0.3, -0.25) is 14.5 Å². The maximum Gasteiger partial charge on any atom is 0.266 e. The third-order valence-electron chi connectivity index (χ3n) is 5.99. The van der Waals surface area contributed by atoms with Crippen LogP contribution in [0.5, 0.6) is 5.75 Å². The minimum atomic E-state index is -0.836. The highest BCUT2D eigenvalue weighted by Gasteiger charge is 2.29. The summed E-state index contributed by atoms with van der Waals surface area (Å²) in [6.45, 7) is 0.787. The summed E-state index contributed by atoms with van der Waals surface area (Å²) in [5.74, 6) is 0.0564. The number of benzene rings is 2. The van der Waals surface area contributed by atoms with E-state index in [1.165, 1.54) is 32.1 Å². The maximum absolute atomic E-state index is 12.7. The molecular weight excluding hydrogens is 378 g/mol. The van der Waals surface area contributed by atoms with Gasteiger partial charge in [-0.2, -0.15) is 0 Å². The minimum Gasteiger partial charge on any atom is -0.478 e. The second-order valence-electron chi connectivity index (χ2n) is 8.21. The lowest BCUT2D eigenvalue weighted by molar-refractivity contribution is -0.128. The standard InChI is InChI=1S/C24H29N3O3/c1-27(18-10-3-2-4-11-18)16-17-9-5-6-12-19(17)25-23(28)15-22-24(29)26-20-13-7-8-14-21(20)30-22/h5-9,12-14,18,22H,2-4,10-11,15-16H2,1H3,(H,25,28)(H,26,29). The van der Waals surface area contributed by atoms with E-state index in [-0.39, 0.29) is 18.2 Å². The summed E-state index contributed by atoms with van der Waals surface area (Å²) in [4.78, 5) is 27.4. The fourth-order valence-corrected chi connectivity index (χ4v) is 4.30. The molecule has 30 heavy (non-hydrogen) atoms. The van der Waals surface area contributed by atoms with Crippen LogP contribution in [0.3, 0.4) is 0 Å². The number of nitrogens with one attached hydrogen (secondary N) is 2. The van der Waals surface area contributed by atoms with Crippen molar-refractivity contribution in [3.05, 3.63) is 54.1 Å². The lowest BCUT2D eigenvalue weighted by atomic mass is 9.94. The van der Waals surface area contributed by atoms with Crippen LogP contribution in [0, 0.1) is 0 Å². The van der Waals surface area contributed by atoms with E-state index < -0.39 is 6.10 Å². The summed E-state index contributed by atoms with van der Waals surface area (Å²) in [5.41, 5.74) is 2.51. The van der Waals surface area contributed by atoms with Crippen molar-refractivity contribution in [2.45, 2.75) is 57.2 Å². The summed E-state index contributed by atoms with van der Waals surface area (Å²) < 4.78 is 5.75. The fourth-order valence-electron chi connectivity index (χ4n) is 4.30. The van der Waals surface area contributed by atoms with Crippen LogP contribution in [0.4, 0.5) is 11.4 Å². The first kappa shape index (κ1) is 20.4. The molecule has 158 valence electrons. The highest BCUT2D eigenvalue weighted by Crippen LogP contribution is 2.30. The Bertz CT molecular complexity index is 908. The molecule has 0 spiro atoms. The monoisotopic (exact) mass is 407 g/mol. The van der Waals surface area contributed by atoms with E-state index in [1.54, 1.807) is 12.1 Å². The molecule has 2 aliphatic rings. The first-order valence-corrected chi connectivity index (χ1v) is 10.7. The quantitative estimate of drug-likeness (QED) is 0.754. The van der Waals surface area contributed by atoms with Gasteiger partial charge in [0.25, 0.3) is 5.91 Å². The number of amides is 2. The van der Waals surface area contributed by atoms with Crippen LogP contribution in [-0.4, -0.2) is 35.9 Å². The molecule has 0 saturated heterocycles. The molecule has 1 aliphatic heterocycles. The van der Waals surface area contributed by atoms with Gasteiger partial charge in [0.1, 0.15) is 5.75 Å².